The summed E-state index contributed by atoms with van der Waals surface area (Å²) in [4.78, 5) is 4.77. The molecule has 112 valence electrons. The van der Waals surface area contributed by atoms with Crippen LogP contribution in [0.3, 0.4) is 0 Å². The van der Waals surface area contributed by atoms with Crippen molar-refractivity contribution in [2.24, 2.45) is 0 Å². The minimum absolute atomic E-state index is 0.262. The highest BCUT2D eigenvalue weighted by molar-refractivity contribution is 5.03. The Kier molecular flexibility index (Phi) is 4.38. The van der Waals surface area contributed by atoms with Gasteiger partial charge in [0.2, 0.25) is 0 Å². The molecule has 0 unspecified atom stereocenters. The lowest BCUT2D eigenvalue weighted by Gasteiger charge is -2.27. The predicted molar refractivity (Wildman–Crippen MR) is 76.4 cm³/mol. The molecule has 1 aliphatic heterocycles. The first kappa shape index (κ1) is 14.0. The van der Waals surface area contributed by atoms with Crippen molar-refractivity contribution in [1.82, 2.24) is 15.0 Å². The summed E-state index contributed by atoms with van der Waals surface area (Å²) in [7, 11) is 0. The number of rotatable bonds is 3. The summed E-state index contributed by atoms with van der Waals surface area (Å²) in [5.41, 5.74) is 0.919. The molecule has 0 aromatic carbocycles. The number of hydrogen-bond acceptors (Lipinski definition) is 5. The molecule has 1 saturated carbocycles. The highest BCUT2D eigenvalue weighted by atomic mass is 16.5. The van der Waals surface area contributed by atoms with Crippen LogP contribution in [0.25, 0.3) is 0 Å². The predicted octanol–water partition coefficient (Wildman–Crippen LogP) is 1.40. The molecule has 1 aromatic heterocycles. The topological polar surface area (TPSA) is 52.7 Å². The molecule has 5 heteroatoms. The van der Waals surface area contributed by atoms with Crippen LogP contribution in [-0.2, 0) is 6.54 Å². The molecule has 0 radical (unpaired) electrons. The van der Waals surface area contributed by atoms with Crippen LogP contribution in [0.1, 0.15) is 37.1 Å². The van der Waals surface area contributed by atoms with Crippen LogP contribution in [0.4, 0.5) is 0 Å². The highest BCUT2D eigenvalue weighted by Crippen LogP contribution is 2.24. The standard InChI is InChI=1S/C15H25N3O2/c1-12-8-15(20-16-12)11-17-6-7-18(10-14(19)9-17)13-4-2-3-5-13/h8,13-14,19H,2-7,9-11H2,1H3/t14-/m1/s1. The minimum atomic E-state index is -0.262. The molecule has 1 aliphatic carbocycles. The second-order valence-electron chi connectivity index (χ2n) is 6.26. The molecule has 2 fully saturated rings. The Labute approximate surface area is 120 Å². The van der Waals surface area contributed by atoms with Crippen molar-refractivity contribution in [3.8, 4) is 0 Å². The molecular weight excluding hydrogens is 254 g/mol. The third-order valence-corrected chi connectivity index (χ3v) is 4.51. The fraction of sp³-hybridized carbons (Fsp3) is 0.800. The third-order valence-electron chi connectivity index (χ3n) is 4.51. The van der Waals surface area contributed by atoms with Crippen molar-refractivity contribution >= 4 is 0 Å². The van der Waals surface area contributed by atoms with E-state index >= 15 is 0 Å². The number of nitrogens with zero attached hydrogens (tertiary/aromatic N) is 3. The van der Waals surface area contributed by atoms with E-state index in [9.17, 15) is 5.11 Å². The Balaban J connectivity index is 1.58. The fourth-order valence-electron chi connectivity index (χ4n) is 3.53. The van der Waals surface area contributed by atoms with Gasteiger partial charge in [0.15, 0.2) is 5.76 Å². The smallest absolute Gasteiger partial charge is 0.150 e. The average molecular weight is 279 g/mol. The van der Waals surface area contributed by atoms with Gasteiger partial charge in [-0.25, -0.2) is 0 Å². The number of β-amino-alcohol motifs (C(OH)–C–C–N with tert-alkyl or cyclic N) is 1. The maximum Gasteiger partial charge on any atom is 0.150 e. The summed E-state index contributed by atoms with van der Waals surface area (Å²) in [5, 5.41) is 14.2. The maximum absolute atomic E-state index is 10.2. The van der Waals surface area contributed by atoms with Crippen LogP contribution >= 0.6 is 0 Å². The van der Waals surface area contributed by atoms with E-state index in [2.05, 4.69) is 15.0 Å². The Morgan fingerprint density at radius 1 is 1.30 bits per heavy atom. The normalized spacial score (nSPS) is 27.0. The quantitative estimate of drug-likeness (QED) is 0.906. The van der Waals surface area contributed by atoms with E-state index < -0.39 is 0 Å². The monoisotopic (exact) mass is 279 g/mol. The van der Waals surface area contributed by atoms with Crippen LogP contribution in [0.5, 0.6) is 0 Å². The van der Waals surface area contributed by atoms with Crippen molar-refractivity contribution in [3.05, 3.63) is 17.5 Å². The molecule has 20 heavy (non-hydrogen) atoms. The second kappa shape index (κ2) is 6.24. The number of aliphatic hydroxyl groups is 1. The molecule has 1 aromatic rings. The van der Waals surface area contributed by atoms with Gasteiger partial charge in [0.05, 0.1) is 18.3 Å². The maximum atomic E-state index is 10.2. The van der Waals surface area contributed by atoms with E-state index in [4.69, 9.17) is 4.52 Å². The number of aryl methyl sites for hydroxylation is 1. The van der Waals surface area contributed by atoms with Gasteiger partial charge in [-0.3, -0.25) is 9.80 Å². The Hall–Kier alpha value is -0.910. The van der Waals surface area contributed by atoms with Crippen molar-refractivity contribution in [2.45, 2.75) is 51.3 Å². The molecule has 0 amide bonds. The molecular formula is C15H25N3O2. The van der Waals surface area contributed by atoms with Gasteiger partial charge >= 0.3 is 0 Å². The van der Waals surface area contributed by atoms with Gasteiger partial charge in [-0.15, -0.1) is 0 Å². The Morgan fingerprint density at radius 3 is 2.80 bits per heavy atom. The molecule has 1 atom stereocenters. The van der Waals surface area contributed by atoms with Crippen molar-refractivity contribution in [2.75, 3.05) is 26.2 Å². The van der Waals surface area contributed by atoms with E-state index in [-0.39, 0.29) is 6.10 Å². The van der Waals surface area contributed by atoms with E-state index in [0.717, 1.165) is 44.2 Å². The van der Waals surface area contributed by atoms with Crippen LogP contribution in [0.2, 0.25) is 0 Å². The summed E-state index contributed by atoms with van der Waals surface area (Å²) in [5.74, 6) is 0.893. The summed E-state index contributed by atoms with van der Waals surface area (Å²) < 4.78 is 5.28. The summed E-state index contributed by atoms with van der Waals surface area (Å²) in [6, 6.07) is 2.67. The fourth-order valence-corrected chi connectivity index (χ4v) is 3.53. The molecule has 0 spiro atoms. The Morgan fingerprint density at radius 2 is 2.10 bits per heavy atom. The SMILES string of the molecule is Cc1cc(CN2CCN(C3CCCC3)C[C@H](O)C2)on1. The molecule has 5 nitrogen and oxygen atoms in total. The minimum Gasteiger partial charge on any atom is -0.390 e. The van der Waals surface area contributed by atoms with Crippen LogP contribution in [0.15, 0.2) is 10.6 Å². The highest BCUT2D eigenvalue weighted by Gasteiger charge is 2.28. The van der Waals surface area contributed by atoms with Gasteiger partial charge in [0, 0.05) is 38.3 Å². The van der Waals surface area contributed by atoms with E-state index in [1.165, 1.54) is 25.7 Å². The molecule has 1 N–H and O–H groups in total. The molecule has 2 heterocycles. The van der Waals surface area contributed by atoms with Crippen LogP contribution in [-0.4, -0.2) is 58.4 Å². The second-order valence-corrected chi connectivity index (χ2v) is 6.26. The number of hydrogen-bond donors (Lipinski definition) is 1. The van der Waals surface area contributed by atoms with Crippen molar-refractivity contribution in [1.29, 1.82) is 0 Å². The van der Waals surface area contributed by atoms with Gasteiger partial charge < -0.3 is 9.63 Å². The van der Waals surface area contributed by atoms with Gasteiger partial charge in [-0.1, -0.05) is 18.0 Å². The largest absolute Gasteiger partial charge is 0.390 e. The van der Waals surface area contributed by atoms with Crippen molar-refractivity contribution < 1.29 is 9.63 Å². The van der Waals surface area contributed by atoms with E-state index in [1.807, 2.05) is 13.0 Å². The van der Waals surface area contributed by atoms with Gasteiger partial charge in [0.1, 0.15) is 0 Å². The first-order chi connectivity index (χ1) is 9.70. The van der Waals surface area contributed by atoms with Gasteiger partial charge in [-0.05, 0) is 19.8 Å². The van der Waals surface area contributed by atoms with E-state index in [1.54, 1.807) is 0 Å². The zero-order chi connectivity index (χ0) is 13.9. The number of aromatic nitrogens is 1. The summed E-state index contributed by atoms with van der Waals surface area (Å²) in [6.45, 7) is 6.27. The molecule has 2 aliphatic rings. The molecule has 1 saturated heterocycles. The van der Waals surface area contributed by atoms with Crippen molar-refractivity contribution in [3.63, 3.8) is 0 Å². The van der Waals surface area contributed by atoms with Gasteiger partial charge in [-0.2, -0.15) is 0 Å². The zero-order valence-electron chi connectivity index (χ0n) is 12.3. The lowest BCUT2D eigenvalue weighted by Crippen LogP contribution is -2.39. The first-order valence-corrected chi connectivity index (χ1v) is 7.77. The zero-order valence-corrected chi connectivity index (χ0v) is 12.3. The summed E-state index contributed by atoms with van der Waals surface area (Å²) in [6.07, 6.45) is 5.03. The summed E-state index contributed by atoms with van der Waals surface area (Å²) >= 11 is 0. The molecule has 3 rings (SSSR count). The van der Waals surface area contributed by atoms with Crippen LogP contribution < -0.4 is 0 Å². The van der Waals surface area contributed by atoms with E-state index in [0.29, 0.717) is 6.04 Å². The van der Waals surface area contributed by atoms with Crippen LogP contribution in [0, 0.1) is 6.92 Å². The average Bonchev–Trinajstić information content (AvgIpc) is 3.02. The Bertz CT molecular complexity index is 429. The van der Waals surface area contributed by atoms with Gasteiger partial charge in [0.25, 0.3) is 0 Å². The lowest BCUT2D eigenvalue weighted by molar-refractivity contribution is 0.0924. The third kappa shape index (κ3) is 3.40. The molecule has 0 bridgehead atoms. The number of aliphatic hydroxyl groups excluding tert-OH is 1. The first-order valence-electron chi connectivity index (χ1n) is 7.77. The lowest BCUT2D eigenvalue weighted by atomic mass is 10.2.